The lowest BCUT2D eigenvalue weighted by Gasteiger charge is -2.43. The van der Waals surface area contributed by atoms with Crippen LogP contribution in [0.5, 0.6) is 0 Å². The van der Waals surface area contributed by atoms with Gasteiger partial charge in [0, 0.05) is 43.8 Å². The van der Waals surface area contributed by atoms with Crippen molar-refractivity contribution in [2.24, 2.45) is 5.92 Å². The largest absolute Gasteiger partial charge is 0.416 e. The van der Waals surface area contributed by atoms with Gasteiger partial charge in [-0.25, -0.2) is 4.79 Å². The van der Waals surface area contributed by atoms with Gasteiger partial charge in [0.15, 0.2) is 0 Å². The van der Waals surface area contributed by atoms with Gasteiger partial charge in [0.05, 0.1) is 5.56 Å². The molecule has 0 radical (unpaired) electrons. The number of hydrogen-bond acceptors (Lipinski definition) is 2. The Morgan fingerprint density at radius 2 is 1.70 bits per heavy atom. The highest BCUT2D eigenvalue weighted by molar-refractivity contribution is 5.89. The number of urea groups is 1. The second kappa shape index (κ2) is 6.88. The molecule has 0 spiro atoms. The maximum Gasteiger partial charge on any atom is 0.416 e. The SMILES string of the molecule is O=C(Nc1ccccc1)N1C[C@H]2CN(Cc3ccc(C(F)(F)F)cc3)[C@@H]2C1. The van der Waals surface area contributed by atoms with Crippen molar-refractivity contribution in [3.63, 3.8) is 0 Å². The van der Waals surface area contributed by atoms with Gasteiger partial charge in [0.2, 0.25) is 0 Å². The van der Waals surface area contributed by atoms with E-state index in [0.29, 0.717) is 25.6 Å². The predicted molar refractivity (Wildman–Crippen MR) is 96.2 cm³/mol. The van der Waals surface area contributed by atoms with Crippen molar-refractivity contribution in [1.82, 2.24) is 9.80 Å². The van der Waals surface area contributed by atoms with E-state index < -0.39 is 11.7 Å². The molecular formula is C20H20F3N3O. The Morgan fingerprint density at radius 3 is 2.37 bits per heavy atom. The van der Waals surface area contributed by atoms with E-state index >= 15 is 0 Å². The van der Waals surface area contributed by atoms with Crippen LogP contribution in [0.25, 0.3) is 0 Å². The van der Waals surface area contributed by atoms with Gasteiger partial charge in [-0.05, 0) is 29.8 Å². The molecule has 0 unspecified atom stereocenters. The Morgan fingerprint density at radius 1 is 1.00 bits per heavy atom. The zero-order chi connectivity index (χ0) is 19.0. The van der Waals surface area contributed by atoms with Crippen molar-refractivity contribution in [2.45, 2.75) is 18.8 Å². The lowest BCUT2D eigenvalue weighted by atomic mass is 9.91. The van der Waals surface area contributed by atoms with E-state index in [1.165, 1.54) is 12.1 Å². The first kappa shape index (κ1) is 17.9. The summed E-state index contributed by atoms with van der Waals surface area (Å²) < 4.78 is 38.0. The van der Waals surface area contributed by atoms with Crippen molar-refractivity contribution < 1.29 is 18.0 Å². The summed E-state index contributed by atoms with van der Waals surface area (Å²) in [5.41, 5.74) is 0.995. The molecule has 0 saturated carbocycles. The van der Waals surface area contributed by atoms with Crippen LogP contribution < -0.4 is 5.32 Å². The van der Waals surface area contributed by atoms with Crippen LogP contribution in [0, 0.1) is 5.92 Å². The van der Waals surface area contributed by atoms with Crippen molar-refractivity contribution >= 4 is 11.7 Å². The van der Waals surface area contributed by atoms with Crippen molar-refractivity contribution in [2.75, 3.05) is 25.0 Å². The third kappa shape index (κ3) is 3.78. The van der Waals surface area contributed by atoms with Gasteiger partial charge in [-0.3, -0.25) is 4.90 Å². The average molecular weight is 375 g/mol. The topological polar surface area (TPSA) is 35.6 Å². The first-order chi connectivity index (χ1) is 12.9. The number of fused-ring (bicyclic) bond motifs is 1. The van der Waals surface area contributed by atoms with Gasteiger partial charge in [0.25, 0.3) is 0 Å². The zero-order valence-electron chi connectivity index (χ0n) is 14.6. The van der Waals surface area contributed by atoms with Gasteiger partial charge < -0.3 is 10.2 Å². The van der Waals surface area contributed by atoms with Crippen molar-refractivity contribution in [3.05, 3.63) is 65.7 Å². The Hall–Kier alpha value is -2.54. The van der Waals surface area contributed by atoms with Crippen LogP contribution in [0.1, 0.15) is 11.1 Å². The molecule has 2 heterocycles. The van der Waals surface area contributed by atoms with Gasteiger partial charge in [-0.2, -0.15) is 13.2 Å². The van der Waals surface area contributed by atoms with E-state index in [1.54, 1.807) is 0 Å². The smallest absolute Gasteiger partial charge is 0.323 e. The van der Waals surface area contributed by atoms with Crippen LogP contribution in [0.2, 0.25) is 0 Å². The van der Waals surface area contributed by atoms with Gasteiger partial charge in [-0.15, -0.1) is 0 Å². The highest BCUT2D eigenvalue weighted by Gasteiger charge is 2.46. The fraction of sp³-hybridized carbons (Fsp3) is 0.350. The fourth-order valence-electron chi connectivity index (χ4n) is 3.85. The van der Waals surface area contributed by atoms with E-state index in [-0.39, 0.29) is 12.1 Å². The Balaban J connectivity index is 1.32. The van der Waals surface area contributed by atoms with E-state index in [4.69, 9.17) is 0 Å². The quantitative estimate of drug-likeness (QED) is 0.878. The molecule has 2 aliphatic heterocycles. The van der Waals surface area contributed by atoms with Gasteiger partial charge >= 0.3 is 12.2 Å². The minimum atomic E-state index is -4.31. The summed E-state index contributed by atoms with van der Waals surface area (Å²) in [7, 11) is 0. The van der Waals surface area contributed by atoms with Crippen molar-refractivity contribution in [3.8, 4) is 0 Å². The fourth-order valence-corrected chi connectivity index (χ4v) is 3.85. The maximum absolute atomic E-state index is 12.7. The Labute approximate surface area is 155 Å². The summed E-state index contributed by atoms with van der Waals surface area (Å²) in [6.45, 7) is 2.82. The molecule has 2 aromatic rings. The number of carbonyl (C=O) groups is 1. The lowest BCUT2D eigenvalue weighted by Crippen LogP contribution is -2.54. The first-order valence-corrected chi connectivity index (χ1v) is 8.91. The van der Waals surface area contributed by atoms with Crippen LogP contribution in [0.4, 0.5) is 23.7 Å². The molecule has 2 saturated heterocycles. The van der Waals surface area contributed by atoms with E-state index in [1.807, 2.05) is 35.2 Å². The minimum Gasteiger partial charge on any atom is -0.323 e. The van der Waals surface area contributed by atoms with E-state index in [9.17, 15) is 18.0 Å². The number of hydrogen-bond donors (Lipinski definition) is 1. The molecule has 7 heteroatoms. The molecule has 0 aliphatic carbocycles. The highest BCUT2D eigenvalue weighted by atomic mass is 19.4. The Kier molecular flexibility index (Phi) is 4.55. The molecule has 2 fully saturated rings. The number of halogens is 3. The summed E-state index contributed by atoms with van der Waals surface area (Å²) in [5.74, 6) is 0.431. The first-order valence-electron chi connectivity index (χ1n) is 8.91. The number of anilines is 1. The average Bonchev–Trinajstić information content (AvgIpc) is 2.97. The second-order valence-corrected chi connectivity index (χ2v) is 7.15. The van der Waals surface area contributed by atoms with Crippen LogP contribution in [0.3, 0.4) is 0 Å². The second-order valence-electron chi connectivity index (χ2n) is 7.15. The van der Waals surface area contributed by atoms with Crippen LogP contribution in [-0.2, 0) is 12.7 Å². The molecule has 0 bridgehead atoms. The molecule has 0 aromatic heterocycles. The molecule has 27 heavy (non-hydrogen) atoms. The number of amides is 2. The lowest BCUT2D eigenvalue weighted by molar-refractivity contribution is -0.137. The monoisotopic (exact) mass is 375 g/mol. The number of nitrogens with zero attached hydrogens (tertiary/aromatic N) is 2. The zero-order valence-corrected chi connectivity index (χ0v) is 14.6. The van der Waals surface area contributed by atoms with Crippen LogP contribution >= 0.6 is 0 Å². The predicted octanol–water partition coefficient (Wildman–Crippen LogP) is 4.05. The van der Waals surface area contributed by atoms with Crippen LogP contribution in [0.15, 0.2) is 54.6 Å². The molecule has 2 aliphatic rings. The van der Waals surface area contributed by atoms with Gasteiger partial charge in [-0.1, -0.05) is 30.3 Å². The number of para-hydroxylation sites is 1. The third-order valence-corrected chi connectivity index (χ3v) is 5.32. The number of carbonyl (C=O) groups excluding carboxylic acids is 1. The molecule has 1 N–H and O–H groups in total. The summed E-state index contributed by atoms with van der Waals surface area (Å²) in [5, 5.41) is 2.90. The summed E-state index contributed by atoms with van der Waals surface area (Å²) in [6, 6.07) is 14.8. The summed E-state index contributed by atoms with van der Waals surface area (Å²) >= 11 is 0. The van der Waals surface area contributed by atoms with Gasteiger partial charge in [0.1, 0.15) is 0 Å². The molecule has 2 aromatic carbocycles. The maximum atomic E-state index is 12.7. The molecule has 142 valence electrons. The summed E-state index contributed by atoms with van der Waals surface area (Å²) in [4.78, 5) is 16.5. The van der Waals surface area contributed by atoms with Crippen LogP contribution in [-0.4, -0.2) is 41.5 Å². The minimum absolute atomic E-state index is 0.106. The molecule has 4 rings (SSSR count). The van der Waals surface area contributed by atoms with E-state index in [0.717, 1.165) is 29.9 Å². The van der Waals surface area contributed by atoms with Crippen molar-refractivity contribution in [1.29, 1.82) is 0 Å². The third-order valence-electron chi connectivity index (χ3n) is 5.32. The molecule has 4 nitrogen and oxygen atoms in total. The standard InChI is InChI=1S/C20H20F3N3O/c21-20(22,23)16-8-6-14(7-9-16)10-25-11-15-12-26(13-18(15)25)19(27)24-17-4-2-1-3-5-17/h1-9,15,18H,10-13H2,(H,24,27)/t15-,18-/m1/s1. The number of likely N-dealkylation sites (tertiary alicyclic amines) is 2. The molecule has 2 atom stereocenters. The summed E-state index contributed by atoms with van der Waals surface area (Å²) in [6.07, 6.45) is -4.31. The number of alkyl halides is 3. The number of rotatable bonds is 3. The Bertz CT molecular complexity index is 807. The number of nitrogens with one attached hydrogen (secondary N) is 1. The normalized spacial score (nSPS) is 22.3. The highest BCUT2D eigenvalue weighted by Crippen LogP contribution is 2.34. The van der Waals surface area contributed by atoms with E-state index in [2.05, 4.69) is 10.2 Å². The molecular weight excluding hydrogens is 355 g/mol. The molecule has 2 amide bonds. The number of benzene rings is 2.